The SMILES string of the molecule is Cc1cccc(NC(=O)CSc2n[nH]c([C@@H](NC(=O)c3ccc(Cl)cc3Cl)C(C)C)n2)c1C. The van der Waals surface area contributed by atoms with Gasteiger partial charge in [-0.15, -0.1) is 5.10 Å². The second kappa shape index (κ2) is 11.0. The number of carbonyl (C=O) groups is 2. The molecule has 1 aromatic heterocycles. The number of carbonyl (C=O) groups excluding carboxylic acids is 2. The molecule has 0 radical (unpaired) electrons. The summed E-state index contributed by atoms with van der Waals surface area (Å²) in [5.74, 6) is 0.198. The van der Waals surface area contributed by atoms with Crippen LogP contribution >= 0.6 is 35.0 Å². The van der Waals surface area contributed by atoms with Crippen LogP contribution in [-0.4, -0.2) is 32.7 Å². The molecule has 3 rings (SSSR count). The largest absolute Gasteiger partial charge is 0.342 e. The third kappa shape index (κ3) is 6.50. The van der Waals surface area contributed by atoms with Gasteiger partial charge in [0.15, 0.2) is 0 Å². The lowest BCUT2D eigenvalue weighted by molar-refractivity contribution is -0.113. The molecule has 2 amide bonds. The van der Waals surface area contributed by atoms with Crippen LogP contribution in [0.15, 0.2) is 41.6 Å². The molecule has 0 aliphatic carbocycles. The molecule has 0 unspecified atom stereocenters. The van der Waals surface area contributed by atoms with E-state index in [9.17, 15) is 9.59 Å². The first-order valence-electron chi connectivity index (χ1n) is 10.3. The van der Waals surface area contributed by atoms with Gasteiger partial charge in [-0.25, -0.2) is 4.98 Å². The van der Waals surface area contributed by atoms with Crippen LogP contribution in [0.2, 0.25) is 10.0 Å². The van der Waals surface area contributed by atoms with Crippen molar-refractivity contribution in [3.8, 4) is 0 Å². The fourth-order valence-electron chi connectivity index (χ4n) is 3.11. The number of nitrogens with one attached hydrogen (secondary N) is 3. The topological polar surface area (TPSA) is 99.8 Å². The maximum atomic E-state index is 12.8. The number of rotatable bonds is 8. The number of aryl methyl sites for hydroxylation is 1. The summed E-state index contributed by atoms with van der Waals surface area (Å²) < 4.78 is 0. The first-order valence-corrected chi connectivity index (χ1v) is 12.1. The number of anilines is 1. The molecule has 1 heterocycles. The normalized spacial score (nSPS) is 12.0. The van der Waals surface area contributed by atoms with Crippen molar-refractivity contribution in [1.29, 1.82) is 0 Å². The third-order valence-corrected chi connectivity index (χ3v) is 6.51. The molecule has 0 aliphatic heterocycles. The van der Waals surface area contributed by atoms with Gasteiger partial charge in [0, 0.05) is 10.7 Å². The number of aromatic amines is 1. The fraction of sp³-hybridized carbons (Fsp3) is 0.304. The standard InChI is InChI=1S/C23H25Cl2N5O2S/c1-12(2)20(27-22(32)16-9-8-15(24)10-17(16)25)21-28-23(30-29-21)33-11-19(31)26-18-7-5-6-13(3)14(18)4/h5-10,12,20H,11H2,1-4H3,(H,26,31)(H,27,32)(H,28,29,30)/t20-/m0/s1. The van der Waals surface area contributed by atoms with Crippen LogP contribution in [-0.2, 0) is 4.79 Å². The molecule has 10 heteroatoms. The van der Waals surface area contributed by atoms with E-state index in [1.165, 1.54) is 17.8 Å². The zero-order chi connectivity index (χ0) is 24.1. The zero-order valence-corrected chi connectivity index (χ0v) is 21.0. The van der Waals surface area contributed by atoms with Crippen molar-refractivity contribution < 1.29 is 9.59 Å². The number of halogens is 2. The molecule has 0 fully saturated rings. The highest BCUT2D eigenvalue weighted by molar-refractivity contribution is 7.99. The summed E-state index contributed by atoms with van der Waals surface area (Å²) >= 11 is 13.3. The van der Waals surface area contributed by atoms with E-state index in [1.807, 2.05) is 45.9 Å². The molecule has 3 N–H and O–H groups in total. The fourth-order valence-corrected chi connectivity index (χ4v) is 4.21. The minimum Gasteiger partial charge on any atom is -0.342 e. The maximum absolute atomic E-state index is 12.8. The van der Waals surface area contributed by atoms with Crippen LogP contribution in [0.1, 0.15) is 47.2 Å². The van der Waals surface area contributed by atoms with E-state index in [0.29, 0.717) is 21.6 Å². The summed E-state index contributed by atoms with van der Waals surface area (Å²) in [6.07, 6.45) is 0. The second-order valence-corrected chi connectivity index (χ2v) is 9.69. The molecule has 0 saturated heterocycles. The number of benzene rings is 2. The summed E-state index contributed by atoms with van der Waals surface area (Å²) in [5.41, 5.74) is 3.26. The van der Waals surface area contributed by atoms with Crippen LogP contribution in [0.25, 0.3) is 0 Å². The summed E-state index contributed by atoms with van der Waals surface area (Å²) in [5, 5.41) is 14.1. The molecule has 3 aromatic rings. The average molecular weight is 506 g/mol. The van der Waals surface area contributed by atoms with Gasteiger partial charge in [0.25, 0.3) is 5.91 Å². The Morgan fingerprint density at radius 3 is 2.61 bits per heavy atom. The van der Waals surface area contributed by atoms with Gasteiger partial charge in [-0.3, -0.25) is 14.7 Å². The van der Waals surface area contributed by atoms with Crippen LogP contribution in [0.4, 0.5) is 5.69 Å². The van der Waals surface area contributed by atoms with Crippen molar-refractivity contribution in [2.45, 2.75) is 38.9 Å². The summed E-state index contributed by atoms with van der Waals surface area (Å²) in [7, 11) is 0. The number of amides is 2. The van der Waals surface area contributed by atoms with E-state index in [2.05, 4.69) is 25.8 Å². The number of thioether (sulfide) groups is 1. The molecule has 2 aromatic carbocycles. The van der Waals surface area contributed by atoms with E-state index in [-0.39, 0.29) is 28.5 Å². The van der Waals surface area contributed by atoms with E-state index >= 15 is 0 Å². The highest BCUT2D eigenvalue weighted by Crippen LogP contribution is 2.25. The van der Waals surface area contributed by atoms with Gasteiger partial charge in [-0.2, -0.15) is 0 Å². The molecule has 0 saturated carbocycles. The van der Waals surface area contributed by atoms with Crippen LogP contribution in [0.5, 0.6) is 0 Å². The van der Waals surface area contributed by atoms with Gasteiger partial charge >= 0.3 is 0 Å². The molecule has 174 valence electrons. The number of H-pyrrole nitrogens is 1. The third-order valence-electron chi connectivity index (χ3n) is 5.12. The highest BCUT2D eigenvalue weighted by atomic mass is 35.5. The minimum atomic E-state index is -0.421. The zero-order valence-electron chi connectivity index (χ0n) is 18.7. The Kier molecular flexibility index (Phi) is 8.40. The molecule has 0 bridgehead atoms. The number of nitrogens with zero attached hydrogens (tertiary/aromatic N) is 2. The molecular formula is C23H25Cl2N5O2S. The van der Waals surface area contributed by atoms with Crippen molar-refractivity contribution in [2.24, 2.45) is 5.92 Å². The van der Waals surface area contributed by atoms with Crippen LogP contribution in [0.3, 0.4) is 0 Å². The van der Waals surface area contributed by atoms with Gasteiger partial charge in [0.05, 0.1) is 22.4 Å². The van der Waals surface area contributed by atoms with Crippen LogP contribution in [0, 0.1) is 19.8 Å². The van der Waals surface area contributed by atoms with Crippen molar-refractivity contribution in [2.75, 3.05) is 11.1 Å². The van der Waals surface area contributed by atoms with Crippen molar-refractivity contribution in [3.05, 3.63) is 69.0 Å². The predicted octanol–water partition coefficient (Wildman–Crippen LogP) is 5.59. The van der Waals surface area contributed by atoms with E-state index < -0.39 is 6.04 Å². The highest BCUT2D eigenvalue weighted by Gasteiger charge is 2.24. The lowest BCUT2D eigenvalue weighted by Crippen LogP contribution is -2.32. The lowest BCUT2D eigenvalue weighted by atomic mass is 10.0. The van der Waals surface area contributed by atoms with Gasteiger partial charge < -0.3 is 10.6 Å². The van der Waals surface area contributed by atoms with Crippen molar-refractivity contribution in [1.82, 2.24) is 20.5 Å². The Balaban J connectivity index is 1.63. The number of aromatic nitrogens is 3. The Hall–Kier alpha value is -2.55. The Bertz CT molecular complexity index is 1170. The van der Waals surface area contributed by atoms with Gasteiger partial charge in [-0.1, -0.05) is 60.9 Å². The summed E-state index contributed by atoms with van der Waals surface area (Å²) in [4.78, 5) is 29.6. The molecular weight excluding hydrogens is 481 g/mol. The Labute approximate surface area is 207 Å². The van der Waals surface area contributed by atoms with Crippen LogP contribution < -0.4 is 10.6 Å². The van der Waals surface area contributed by atoms with E-state index in [1.54, 1.807) is 12.1 Å². The van der Waals surface area contributed by atoms with Gasteiger partial charge in [0.2, 0.25) is 11.1 Å². The lowest BCUT2D eigenvalue weighted by Gasteiger charge is -2.20. The second-order valence-electron chi connectivity index (χ2n) is 7.91. The maximum Gasteiger partial charge on any atom is 0.253 e. The first kappa shape index (κ1) is 25.1. The predicted molar refractivity (Wildman–Crippen MR) is 133 cm³/mol. The van der Waals surface area contributed by atoms with E-state index in [4.69, 9.17) is 23.2 Å². The summed E-state index contributed by atoms with van der Waals surface area (Å²) in [6.45, 7) is 7.89. The molecule has 0 aliphatic rings. The average Bonchev–Trinajstić information content (AvgIpc) is 3.22. The van der Waals surface area contributed by atoms with E-state index in [0.717, 1.165) is 16.8 Å². The number of hydrogen-bond donors (Lipinski definition) is 3. The molecule has 33 heavy (non-hydrogen) atoms. The van der Waals surface area contributed by atoms with Crippen molar-refractivity contribution in [3.63, 3.8) is 0 Å². The first-order chi connectivity index (χ1) is 15.7. The van der Waals surface area contributed by atoms with Gasteiger partial charge in [-0.05, 0) is 55.2 Å². The molecule has 0 spiro atoms. The van der Waals surface area contributed by atoms with Crippen molar-refractivity contribution >= 4 is 52.5 Å². The van der Waals surface area contributed by atoms with Gasteiger partial charge in [0.1, 0.15) is 5.82 Å². The molecule has 7 nitrogen and oxygen atoms in total. The smallest absolute Gasteiger partial charge is 0.253 e. The monoisotopic (exact) mass is 505 g/mol. The summed E-state index contributed by atoms with van der Waals surface area (Å²) in [6, 6.07) is 10.1. The quantitative estimate of drug-likeness (QED) is 0.346. The Morgan fingerprint density at radius 1 is 1.15 bits per heavy atom. The molecule has 1 atom stereocenters. The number of hydrogen-bond acceptors (Lipinski definition) is 5. The minimum absolute atomic E-state index is 0.0263. The Morgan fingerprint density at radius 2 is 1.91 bits per heavy atom.